The lowest BCUT2D eigenvalue weighted by atomic mass is 9.85. The zero-order chi connectivity index (χ0) is 16.1. The quantitative estimate of drug-likeness (QED) is 0.791. The smallest absolute Gasteiger partial charge is 0.317 e. The molecule has 0 spiro atoms. The van der Waals surface area contributed by atoms with Crippen molar-refractivity contribution in [2.75, 3.05) is 39.4 Å². The SMILES string of the molecule is C[C@@H]1C[C@H]2CCCC[C@@H]2N1C(=O)NCCCCN1CCOCC1. The highest BCUT2D eigenvalue weighted by molar-refractivity contribution is 5.75. The number of nitrogens with one attached hydrogen (secondary N) is 1. The van der Waals surface area contributed by atoms with Crippen LogP contribution in [0.4, 0.5) is 4.79 Å². The third-order valence-corrected chi connectivity index (χ3v) is 5.86. The second-order valence-electron chi connectivity index (χ2n) is 7.50. The van der Waals surface area contributed by atoms with E-state index in [1.165, 1.54) is 32.1 Å². The third kappa shape index (κ3) is 4.38. The molecule has 2 amide bonds. The molecule has 2 aliphatic heterocycles. The Morgan fingerprint density at radius 2 is 1.96 bits per heavy atom. The lowest BCUT2D eigenvalue weighted by molar-refractivity contribution is 0.0372. The highest BCUT2D eigenvalue weighted by atomic mass is 16.5. The predicted octanol–water partition coefficient (Wildman–Crippen LogP) is 2.46. The van der Waals surface area contributed by atoms with E-state index in [1.54, 1.807) is 0 Å². The molecular formula is C18H33N3O2. The van der Waals surface area contributed by atoms with E-state index in [-0.39, 0.29) is 6.03 Å². The van der Waals surface area contributed by atoms with Crippen molar-refractivity contribution in [3.63, 3.8) is 0 Å². The zero-order valence-electron chi connectivity index (χ0n) is 14.6. The number of nitrogens with zero attached hydrogens (tertiary/aromatic N) is 2. The van der Waals surface area contributed by atoms with Crippen LogP contribution in [0.25, 0.3) is 0 Å². The first-order valence-corrected chi connectivity index (χ1v) is 9.62. The number of morpholine rings is 1. The maximum absolute atomic E-state index is 12.6. The Hall–Kier alpha value is -0.810. The van der Waals surface area contributed by atoms with Crippen LogP contribution in [0.15, 0.2) is 0 Å². The summed E-state index contributed by atoms with van der Waals surface area (Å²) in [5, 5.41) is 3.17. The molecule has 0 unspecified atom stereocenters. The van der Waals surface area contributed by atoms with Gasteiger partial charge in [-0.25, -0.2) is 4.79 Å². The fourth-order valence-electron chi connectivity index (χ4n) is 4.63. The number of fused-ring (bicyclic) bond motifs is 1. The minimum atomic E-state index is 0.179. The number of carbonyl (C=O) groups is 1. The summed E-state index contributed by atoms with van der Waals surface area (Å²) in [6, 6.07) is 1.10. The molecule has 1 aliphatic carbocycles. The number of likely N-dealkylation sites (tertiary alicyclic amines) is 1. The Kier molecular flexibility index (Phi) is 6.17. The van der Waals surface area contributed by atoms with Crippen molar-refractivity contribution < 1.29 is 9.53 Å². The molecule has 1 N–H and O–H groups in total. The molecule has 3 rings (SSSR count). The highest BCUT2D eigenvalue weighted by Gasteiger charge is 2.42. The van der Waals surface area contributed by atoms with Gasteiger partial charge < -0.3 is 15.0 Å². The lowest BCUT2D eigenvalue weighted by Crippen LogP contribution is -2.48. The van der Waals surface area contributed by atoms with Gasteiger partial charge in [-0.15, -0.1) is 0 Å². The summed E-state index contributed by atoms with van der Waals surface area (Å²) in [5.41, 5.74) is 0. The Balaban J connectivity index is 1.34. The van der Waals surface area contributed by atoms with Crippen LogP contribution in [0.1, 0.15) is 51.9 Å². The number of hydrogen-bond acceptors (Lipinski definition) is 3. The van der Waals surface area contributed by atoms with Gasteiger partial charge in [0.1, 0.15) is 0 Å². The molecule has 3 aliphatic rings. The molecule has 0 aromatic rings. The number of carbonyl (C=O) groups excluding carboxylic acids is 1. The minimum absolute atomic E-state index is 0.179. The van der Waals surface area contributed by atoms with Crippen LogP contribution in [0.2, 0.25) is 0 Å². The number of amides is 2. The van der Waals surface area contributed by atoms with Gasteiger partial charge in [0.05, 0.1) is 13.2 Å². The molecule has 132 valence electrons. The first-order chi connectivity index (χ1) is 11.3. The molecule has 0 aromatic carbocycles. The maximum Gasteiger partial charge on any atom is 0.317 e. The molecule has 23 heavy (non-hydrogen) atoms. The van der Waals surface area contributed by atoms with Gasteiger partial charge in [0.25, 0.3) is 0 Å². The normalized spacial score (nSPS) is 31.9. The first kappa shape index (κ1) is 17.0. The Labute approximate surface area is 140 Å². The Morgan fingerprint density at radius 3 is 2.78 bits per heavy atom. The molecule has 1 saturated carbocycles. The predicted molar refractivity (Wildman–Crippen MR) is 91.6 cm³/mol. The van der Waals surface area contributed by atoms with Crippen LogP contribution in [0, 0.1) is 5.92 Å². The monoisotopic (exact) mass is 323 g/mol. The molecular weight excluding hydrogens is 290 g/mol. The lowest BCUT2D eigenvalue weighted by Gasteiger charge is -2.33. The van der Waals surface area contributed by atoms with Crippen molar-refractivity contribution in [2.45, 2.75) is 64.0 Å². The van der Waals surface area contributed by atoms with E-state index in [0.29, 0.717) is 12.1 Å². The van der Waals surface area contributed by atoms with Crippen molar-refractivity contribution in [1.29, 1.82) is 0 Å². The fourth-order valence-corrected chi connectivity index (χ4v) is 4.63. The number of unbranched alkanes of at least 4 members (excludes halogenated alkanes) is 1. The standard InChI is InChI=1S/C18H33N3O2/c1-15-14-16-6-2-3-7-17(16)21(15)18(22)19-8-4-5-9-20-10-12-23-13-11-20/h15-17H,2-14H2,1H3,(H,19,22)/t15-,16-,17+/m1/s1. The summed E-state index contributed by atoms with van der Waals surface area (Å²) in [7, 11) is 0. The van der Waals surface area contributed by atoms with E-state index >= 15 is 0 Å². The van der Waals surface area contributed by atoms with Crippen LogP contribution >= 0.6 is 0 Å². The Bertz CT molecular complexity index is 384. The van der Waals surface area contributed by atoms with Crippen LogP contribution in [-0.4, -0.2) is 67.3 Å². The van der Waals surface area contributed by atoms with Crippen LogP contribution < -0.4 is 5.32 Å². The topological polar surface area (TPSA) is 44.8 Å². The van der Waals surface area contributed by atoms with E-state index in [0.717, 1.165) is 58.2 Å². The van der Waals surface area contributed by atoms with Crippen molar-refractivity contribution in [3.05, 3.63) is 0 Å². The zero-order valence-corrected chi connectivity index (χ0v) is 14.6. The van der Waals surface area contributed by atoms with Gasteiger partial charge in [0, 0.05) is 31.7 Å². The van der Waals surface area contributed by atoms with Crippen LogP contribution in [0.3, 0.4) is 0 Å². The molecule has 5 heteroatoms. The molecule has 0 radical (unpaired) electrons. The second kappa shape index (κ2) is 8.34. The van der Waals surface area contributed by atoms with E-state index in [4.69, 9.17) is 4.74 Å². The largest absolute Gasteiger partial charge is 0.379 e. The number of urea groups is 1. The summed E-state index contributed by atoms with van der Waals surface area (Å²) >= 11 is 0. The summed E-state index contributed by atoms with van der Waals surface area (Å²) in [4.78, 5) is 17.2. The molecule has 3 fully saturated rings. The first-order valence-electron chi connectivity index (χ1n) is 9.62. The molecule has 5 nitrogen and oxygen atoms in total. The highest BCUT2D eigenvalue weighted by Crippen LogP contribution is 2.39. The average molecular weight is 323 g/mol. The molecule has 2 heterocycles. The van der Waals surface area contributed by atoms with Crippen molar-refractivity contribution in [1.82, 2.24) is 15.1 Å². The fraction of sp³-hybridized carbons (Fsp3) is 0.944. The summed E-state index contributed by atoms with van der Waals surface area (Å²) in [6.45, 7) is 8.00. The van der Waals surface area contributed by atoms with Gasteiger partial charge in [-0.05, 0) is 51.5 Å². The van der Waals surface area contributed by atoms with Crippen LogP contribution in [0.5, 0.6) is 0 Å². The van der Waals surface area contributed by atoms with Gasteiger partial charge in [-0.2, -0.15) is 0 Å². The van der Waals surface area contributed by atoms with Crippen molar-refractivity contribution in [3.8, 4) is 0 Å². The Morgan fingerprint density at radius 1 is 1.17 bits per heavy atom. The molecule has 0 bridgehead atoms. The van der Waals surface area contributed by atoms with E-state index in [1.807, 2.05) is 0 Å². The van der Waals surface area contributed by atoms with Gasteiger partial charge in [0.2, 0.25) is 0 Å². The van der Waals surface area contributed by atoms with Crippen molar-refractivity contribution >= 4 is 6.03 Å². The average Bonchev–Trinajstić information content (AvgIpc) is 2.91. The molecule has 3 atom stereocenters. The van der Waals surface area contributed by atoms with Gasteiger partial charge in [-0.1, -0.05) is 12.8 Å². The van der Waals surface area contributed by atoms with E-state index in [2.05, 4.69) is 22.0 Å². The van der Waals surface area contributed by atoms with Gasteiger partial charge in [0.15, 0.2) is 0 Å². The second-order valence-corrected chi connectivity index (χ2v) is 7.50. The van der Waals surface area contributed by atoms with Crippen LogP contribution in [-0.2, 0) is 4.74 Å². The van der Waals surface area contributed by atoms with Gasteiger partial charge >= 0.3 is 6.03 Å². The summed E-state index contributed by atoms with van der Waals surface area (Å²) < 4.78 is 5.36. The molecule has 2 saturated heterocycles. The van der Waals surface area contributed by atoms with E-state index in [9.17, 15) is 4.79 Å². The third-order valence-electron chi connectivity index (χ3n) is 5.86. The van der Waals surface area contributed by atoms with Crippen molar-refractivity contribution in [2.24, 2.45) is 5.92 Å². The maximum atomic E-state index is 12.6. The minimum Gasteiger partial charge on any atom is -0.379 e. The summed E-state index contributed by atoms with van der Waals surface area (Å²) in [5.74, 6) is 0.755. The number of rotatable bonds is 5. The number of hydrogen-bond donors (Lipinski definition) is 1. The molecule has 0 aromatic heterocycles. The summed E-state index contributed by atoms with van der Waals surface area (Å²) in [6.07, 6.45) is 8.59. The van der Waals surface area contributed by atoms with Gasteiger partial charge in [-0.3, -0.25) is 4.90 Å². The number of ether oxygens (including phenoxy) is 1. The van der Waals surface area contributed by atoms with E-state index < -0.39 is 0 Å².